The third-order valence-electron chi connectivity index (χ3n) is 15.7. The van der Waals surface area contributed by atoms with Gasteiger partial charge in [-0.05, 0) is 187 Å². The highest BCUT2D eigenvalue weighted by molar-refractivity contribution is 6.22. The molecular formula is C68H56N2. The third-order valence-corrected chi connectivity index (χ3v) is 15.7. The number of hydrogen-bond donors (Lipinski definition) is 0. The second kappa shape index (κ2) is 18.2. The summed E-state index contributed by atoms with van der Waals surface area (Å²) in [7, 11) is 0. The van der Waals surface area contributed by atoms with E-state index >= 15 is 0 Å². The summed E-state index contributed by atoms with van der Waals surface area (Å²) >= 11 is 0. The normalized spacial score (nSPS) is 14.3. The first-order chi connectivity index (χ1) is 34.7. The van der Waals surface area contributed by atoms with E-state index in [4.69, 9.17) is 0 Å². The number of anilines is 6. The zero-order valence-electron chi connectivity index (χ0n) is 39.6. The maximum Gasteiger partial charge on any atom is 0.0468 e. The van der Waals surface area contributed by atoms with Gasteiger partial charge < -0.3 is 9.80 Å². The van der Waals surface area contributed by atoms with Crippen LogP contribution in [0.3, 0.4) is 0 Å². The molecule has 11 aromatic carbocycles. The lowest BCUT2D eigenvalue weighted by atomic mass is 9.85. The van der Waals surface area contributed by atoms with Crippen molar-refractivity contribution in [1.82, 2.24) is 0 Å². The molecule has 338 valence electrons. The van der Waals surface area contributed by atoms with Gasteiger partial charge in [-0.25, -0.2) is 0 Å². The highest BCUT2D eigenvalue weighted by Crippen LogP contribution is 2.49. The number of hydrogen-bond acceptors (Lipinski definition) is 2. The maximum absolute atomic E-state index is 2.47. The summed E-state index contributed by atoms with van der Waals surface area (Å²) in [5.74, 6) is 1.31. The molecule has 0 unspecified atom stereocenters. The molecule has 0 N–H and O–H groups in total. The van der Waals surface area contributed by atoms with Gasteiger partial charge in [0.1, 0.15) is 0 Å². The fourth-order valence-corrected chi connectivity index (χ4v) is 12.1. The van der Waals surface area contributed by atoms with Crippen molar-refractivity contribution < 1.29 is 0 Å². The zero-order valence-corrected chi connectivity index (χ0v) is 39.6. The van der Waals surface area contributed by atoms with Gasteiger partial charge in [0.25, 0.3) is 0 Å². The lowest BCUT2D eigenvalue weighted by Gasteiger charge is -2.29. The molecule has 0 heterocycles. The minimum atomic E-state index is 0.657. The SMILES string of the molecule is c1ccc(-c2c3ccc(N(c4ccc(C5CCCC5)cc4)c4ccc5ccccc5c4)cc3c(-c3ccccc3)c3ccc(N(c4ccc(C5CCCC5)cc4)c4ccc5ccccc5c4)cc23)cc1. The van der Waals surface area contributed by atoms with Gasteiger partial charge >= 0.3 is 0 Å². The zero-order chi connectivity index (χ0) is 46.4. The van der Waals surface area contributed by atoms with Crippen LogP contribution in [-0.2, 0) is 0 Å². The number of rotatable bonds is 10. The smallest absolute Gasteiger partial charge is 0.0468 e. The molecule has 0 bridgehead atoms. The molecule has 0 atom stereocenters. The van der Waals surface area contributed by atoms with E-state index in [1.54, 1.807) is 0 Å². The Kier molecular flexibility index (Phi) is 11.0. The van der Waals surface area contributed by atoms with Crippen molar-refractivity contribution in [3.05, 3.63) is 242 Å². The van der Waals surface area contributed by atoms with Crippen molar-refractivity contribution >= 4 is 77.2 Å². The van der Waals surface area contributed by atoms with Crippen LogP contribution < -0.4 is 9.80 Å². The molecule has 0 radical (unpaired) electrons. The van der Waals surface area contributed by atoms with Crippen molar-refractivity contribution in [2.45, 2.75) is 63.2 Å². The van der Waals surface area contributed by atoms with E-state index in [-0.39, 0.29) is 0 Å². The molecule has 0 spiro atoms. The van der Waals surface area contributed by atoms with Crippen LogP contribution in [0.4, 0.5) is 34.1 Å². The Morgan fingerprint density at radius 2 is 0.586 bits per heavy atom. The summed E-state index contributed by atoms with van der Waals surface area (Å²) < 4.78 is 0. The van der Waals surface area contributed by atoms with Crippen molar-refractivity contribution in [3.8, 4) is 22.3 Å². The Bertz CT molecular complexity index is 3410. The van der Waals surface area contributed by atoms with E-state index in [1.165, 1.54) is 128 Å². The van der Waals surface area contributed by atoms with E-state index in [1.807, 2.05) is 0 Å². The summed E-state index contributed by atoms with van der Waals surface area (Å²) in [6.45, 7) is 0. The highest BCUT2D eigenvalue weighted by Gasteiger charge is 2.24. The van der Waals surface area contributed by atoms with E-state index in [9.17, 15) is 0 Å². The Morgan fingerprint density at radius 1 is 0.257 bits per heavy atom. The average Bonchev–Trinajstić information content (AvgIpc) is 4.18. The molecule has 0 amide bonds. The Hall–Kier alpha value is -7.94. The summed E-state index contributed by atoms with van der Waals surface area (Å²) in [5, 5.41) is 9.86. The van der Waals surface area contributed by atoms with Gasteiger partial charge in [0, 0.05) is 34.1 Å². The molecule has 0 aromatic heterocycles. The van der Waals surface area contributed by atoms with Crippen molar-refractivity contribution in [2.24, 2.45) is 0 Å². The van der Waals surface area contributed by atoms with Gasteiger partial charge in [-0.3, -0.25) is 0 Å². The van der Waals surface area contributed by atoms with Crippen LogP contribution in [0.15, 0.2) is 231 Å². The molecular weight excluding hydrogens is 845 g/mol. The molecule has 2 heteroatoms. The molecule has 2 fully saturated rings. The minimum absolute atomic E-state index is 0.657. The van der Waals surface area contributed by atoms with E-state index < -0.39 is 0 Å². The topological polar surface area (TPSA) is 6.48 Å². The summed E-state index contributed by atoms with van der Waals surface area (Å²) in [6, 6.07) is 86.7. The van der Waals surface area contributed by atoms with E-state index in [0.717, 1.165) is 34.1 Å². The fraction of sp³-hybridized carbons (Fsp3) is 0.147. The quantitative estimate of drug-likeness (QED) is 0.126. The minimum Gasteiger partial charge on any atom is -0.310 e. The summed E-state index contributed by atoms with van der Waals surface area (Å²) in [5.41, 5.74) is 14.7. The predicted octanol–water partition coefficient (Wildman–Crippen LogP) is 19.9. The maximum atomic E-state index is 2.47. The molecule has 0 saturated heterocycles. The van der Waals surface area contributed by atoms with Crippen LogP contribution in [-0.4, -0.2) is 0 Å². The van der Waals surface area contributed by atoms with Gasteiger partial charge in [-0.2, -0.15) is 0 Å². The standard InChI is InChI=1S/C68H56N2/c1-3-21-53(22-4-1)67-63-41-39-62(70(60-38-32-50-20-12-14-26-56(50)44-60)58-35-29-52(30-36-58)48-17-9-10-18-48)46-66(63)68(54-23-5-2-6-24-54)64-42-40-61(45-65(64)67)69(59-37-31-49-19-11-13-25-55(49)43-59)57-33-27-51(28-34-57)47-15-7-8-16-47/h1-6,11-14,19-48H,7-10,15-18H2. The molecule has 2 saturated carbocycles. The highest BCUT2D eigenvalue weighted by atomic mass is 15.1. The van der Waals surface area contributed by atoms with Crippen LogP contribution in [0.2, 0.25) is 0 Å². The number of fused-ring (bicyclic) bond motifs is 4. The van der Waals surface area contributed by atoms with Crippen molar-refractivity contribution in [2.75, 3.05) is 9.80 Å². The lowest BCUT2D eigenvalue weighted by molar-refractivity contribution is 0.723. The van der Waals surface area contributed by atoms with Crippen LogP contribution >= 0.6 is 0 Å². The summed E-state index contributed by atoms with van der Waals surface area (Å²) in [6.07, 6.45) is 10.5. The molecule has 11 aromatic rings. The molecule has 2 nitrogen and oxygen atoms in total. The van der Waals surface area contributed by atoms with Gasteiger partial charge in [-0.15, -0.1) is 0 Å². The first-order valence-electron chi connectivity index (χ1n) is 25.6. The van der Waals surface area contributed by atoms with Gasteiger partial charge in [0.05, 0.1) is 0 Å². The van der Waals surface area contributed by atoms with Crippen molar-refractivity contribution in [1.29, 1.82) is 0 Å². The van der Waals surface area contributed by atoms with Crippen molar-refractivity contribution in [3.63, 3.8) is 0 Å². The van der Waals surface area contributed by atoms with Gasteiger partial charge in [-0.1, -0.05) is 183 Å². The fourth-order valence-electron chi connectivity index (χ4n) is 12.1. The predicted molar refractivity (Wildman–Crippen MR) is 299 cm³/mol. The largest absolute Gasteiger partial charge is 0.310 e. The van der Waals surface area contributed by atoms with Gasteiger partial charge in [0.15, 0.2) is 0 Å². The monoisotopic (exact) mass is 900 g/mol. The van der Waals surface area contributed by atoms with Crippen LogP contribution in [0.5, 0.6) is 0 Å². The summed E-state index contributed by atoms with van der Waals surface area (Å²) in [4.78, 5) is 4.93. The van der Waals surface area contributed by atoms with E-state index in [2.05, 4.69) is 240 Å². The Balaban J connectivity index is 1.04. The second-order valence-electron chi connectivity index (χ2n) is 19.8. The lowest BCUT2D eigenvalue weighted by Crippen LogP contribution is -2.11. The molecule has 13 rings (SSSR count). The average molecular weight is 901 g/mol. The number of benzene rings is 11. The molecule has 2 aliphatic rings. The second-order valence-corrected chi connectivity index (χ2v) is 19.8. The molecule has 0 aliphatic heterocycles. The van der Waals surface area contributed by atoms with Gasteiger partial charge in [0.2, 0.25) is 0 Å². The van der Waals surface area contributed by atoms with E-state index in [0.29, 0.717) is 11.8 Å². The van der Waals surface area contributed by atoms with Crippen LogP contribution in [0.25, 0.3) is 65.3 Å². The Morgan fingerprint density at radius 3 is 0.986 bits per heavy atom. The first-order valence-corrected chi connectivity index (χ1v) is 25.6. The van der Waals surface area contributed by atoms with Crippen LogP contribution in [0, 0.1) is 0 Å². The molecule has 2 aliphatic carbocycles. The molecule has 70 heavy (non-hydrogen) atoms. The third kappa shape index (κ3) is 7.78. The number of nitrogens with zero attached hydrogens (tertiary/aromatic N) is 2. The Labute approximate surface area is 412 Å². The van der Waals surface area contributed by atoms with Crippen LogP contribution in [0.1, 0.15) is 74.3 Å². The first kappa shape index (κ1) is 42.2.